The molecule has 0 unspecified atom stereocenters. The summed E-state index contributed by atoms with van der Waals surface area (Å²) < 4.78 is 5.37. The molecule has 10 nitrogen and oxygen atoms in total. The molecule has 0 bridgehead atoms. The van der Waals surface area contributed by atoms with Gasteiger partial charge in [-0.3, -0.25) is 15.1 Å². The van der Waals surface area contributed by atoms with E-state index in [1.54, 1.807) is 7.11 Å². The van der Waals surface area contributed by atoms with Gasteiger partial charge in [-0.15, -0.1) is 0 Å². The number of nitrogens with zero attached hydrogens (tertiary/aromatic N) is 4. The number of nitrogen functional groups attached to an aromatic ring is 2. The van der Waals surface area contributed by atoms with Crippen molar-refractivity contribution in [3.8, 4) is 0 Å². The number of ether oxygens (including phenoxy) is 1. The van der Waals surface area contributed by atoms with Gasteiger partial charge in [0.15, 0.2) is 28.4 Å². The first kappa shape index (κ1) is 21.1. The zero-order chi connectivity index (χ0) is 19.8. The molecule has 0 radical (unpaired) electrons. The summed E-state index contributed by atoms with van der Waals surface area (Å²) in [5.41, 5.74) is 16.7. The molecule has 11 heteroatoms. The summed E-state index contributed by atoms with van der Waals surface area (Å²) in [4.78, 5) is 26.3. The number of anilines is 2. The molecule has 0 saturated carbocycles. The van der Waals surface area contributed by atoms with Gasteiger partial charge in [-0.2, -0.15) is 0 Å². The van der Waals surface area contributed by atoms with Crippen LogP contribution in [0.5, 0.6) is 0 Å². The van der Waals surface area contributed by atoms with E-state index < -0.39 is 5.91 Å². The summed E-state index contributed by atoms with van der Waals surface area (Å²) in [7, 11) is 1.77. The number of nitrogens with one attached hydrogen (secondary N) is 1. The van der Waals surface area contributed by atoms with E-state index in [1.165, 1.54) is 0 Å². The number of aliphatic imine (C=N–C) groups is 1. The summed E-state index contributed by atoms with van der Waals surface area (Å²) in [6, 6.07) is 0. The lowest BCUT2D eigenvalue weighted by Gasteiger charge is -2.31. The third kappa shape index (κ3) is 6.49. The number of carbonyl (C=O) groups excluding carboxylic acids is 1. The Morgan fingerprint density at radius 2 is 2.00 bits per heavy atom. The lowest BCUT2D eigenvalue weighted by Crippen LogP contribution is -2.38. The lowest BCUT2D eigenvalue weighted by atomic mass is 10.1. The van der Waals surface area contributed by atoms with Crippen molar-refractivity contribution in [3.63, 3.8) is 0 Å². The number of piperidine rings is 1. The number of aromatic nitrogens is 2. The Hall–Kier alpha value is -2.17. The molecule has 1 aromatic heterocycles. The normalized spacial score (nSPS) is 16.4. The van der Waals surface area contributed by atoms with E-state index in [4.69, 9.17) is 33.5 Å². The van der Waals surface area contributed by atoms with E-state index in [0.717, 1.165) is 45.3 Å². The number of rotatable bonds is 7. The number of halogens is 1. The van der Waals surface area contributed by atoms with E-state index in [9.17, 15) is 4.79 Å². The Labute approximate surface area is 163 Å². The predicted molar refractivity (Wildman–Crippen MR) is 106 cm³/mol. The van der Waals surface area contributed by atoms with Gasteiger partial charge in [0.1, 0.15) is 0 Å². The highest BCUT2D eigenvalue weighted by Crippen LogP contribution is 2.17. The van der Waals surface area contributed by atoms with Gasteiger partial charge in [0.2, 0.25) is 0 Å². The summed E-state index contributed by atoms with van der Waals surface area (Å²) >= 11 is 5.76. The van der Waals surface area contributed by atoms with Crippen LogP contribution in [0.3, 0.4) is 0 Å². The number of methoxy groups -OCH3 is 1. The van der Waals surface area contributed by atoms with Crippen molar-refractivity contribution in [2.45, 2.75) is 31.8 Å². The molecular formula is C16H27ClN8O2. The smallest absolute Gasteiger partial charge is 0.280 e. The van der Waals surface area contributed by atoms with Crippen LogP contribution in [-0.2, 0) is 4.74 Å². The highest BCUT2D eigenvalue weighted by atomic mass is 35.5. The third-order valence-electron chi connectivity index (χ3n) is 4.39. The fourth-order valence-corrected chi connectivity index (χ4v) is 2.97. The molecule has 0 spiro atoms. The molecule has 7 N–H and O–H groups in total. The number of amides is 1. The second-order valence-electron chi connectivity index (χ2n) is 6.34. The second kappa shape index (κ2) is 10.2. The minimum atomic E-state index is -0.635. The molecular weight excluding hydrogens is 372 g/mol. The number of nitrogens with two attached hydrogens (primary N) is 3. The molecule has 1 aliphatic heterocycles. The topological polar surface area (TPSA) is 158 Å². The molecule has 1 fully saturated rings. The van der Waals surface area contributed by atoms with Crippen LogP contribution in [0.2, 0.25) is 5.15 Å². The number of hydrogen-bond donors (Lipinski definition) is 4. The highest BCUT2D eigenvalue weighted by Gasteiger charge is 2.18. The van der Waals surface area contributed by atoms with Crippen LogP contribution in [0.25, 0.3) is 0 Å². The molecule has 0 aromatic carbocycles. The van der Waals surface area contributed by atoms with Gasteiger partial charge < -0.3 is 26.8 Å². The van der Waals surface area contributed by atoms with Crippen LogP contribution in [0, 0.1) is 0 Å². The molecule has 2 rings (SSSR count). The summed E-state index contributed by atoms with van der Waals surface area (Å²) in [5.74, 6) is -0.808. The van der Waals surface area contributed by atoms with Crippen molar-refractivity contribution in [1.29, 1.82) is 0 Å². The quantitative estimate of drug-likeness (QED) is 0.288. The Bertz CT molecular complexity index is 677. The molecule has 0 atom stereocenters. The van der Waals surface area contributed by atoms with E-state index in [1.807, 2.05) is 0 Å². The van der Waals surface area contributed by atoms with Crippen molar-refractivity contribution in [2.75, 3.05) is 44.8 Å². The minimum absolute atomic E-state index is 0.00458. The van der Waals surface area contributed by atoms with Crippen molar-refractivity contribution < 1.29 is 9.53 Å². The zero-order valence-electron chi connectivity index (χ0n) is 15.4. The summed E-state index contributed by atoms with van der Waals surface area (Å²) in [6.45, 7) is 3.66. The molecule has 150 valence electrons. The van der Waals surface area contributed by atoms with E-state index in [2.05, 4.69) is 25.2 Å². The summed E-state index contributed by atoms with van der Waals surface area (Å²) in [6.07, 6.45) is 4.43. The van der Waals surface area contributed by atoms with Gasteiger partial charge in [0.05, 0.1) is 6.10 Å². The largest absolute Gasteiger partial charge is 0.382 e. The van der Waals surface area contributed by atoms with Crippen molar-refractivity contribution in [2.24, 2.45) is 10.7 Å². The predicted octanol–water partition coefficient (Wildman–Crippen LogP) is 0.230. The Morgan fingerprint density at radius 3 is 2.67 bits per heavy atom. The number of hydrogen-bond acceptors (Lipinski definition) is 8. The Morgan fingerprint density at radius 1 is 1.30 bits per heavy atom. The molecule has 1 saturated heterocycles. The number of carbonyl (C=O) groups is 1. The first-order valence-corrected chi connectivity index (χ1v) is 9.23. The first-order valence-electron chi connectivity index (χ1n) is 8.85. The Balaban J connectivity index is 1.70. The van der Waals surface area contributed by atoms with Gasteiger partial charge in [-0.25, -0.2) is 9.97 Å². The van der Waals surface area contributed by atoms with Gasteiger partial charge in [0.25, 0.3) is 5.91 Å². The molecule has 1 amide bonds. The standard InChI is InChI=1S/C16H27ClN8O2/c1-27-10-4-8-25(9-5-10)7-3-2-6-21-16(20)24-15(26)11-13(18)23-14(19)12(17)22-11/h10H,2-9H2,1H3,(H4,18,19,23)(H3,20,21,24,26). The molecule has 27 heavy (non-hydrogen) atoms. The van der Waals surface area contributed by atoms with Crippen LogP contribution in [0.4, 0.5) is 11.6 Å². The number of likely N-dealkylation sites (tertiary alicyclic amines) is 1. The first-order chi connectivity index (χ1) is 12.9. The van der Waals surface area contributed by atoms with E-state index in [0.29, 0.717) is 12.6 Å². The fourth-order valence-electron chi connectivity index (χ4n) is 2.84. The minimum Gasteiger partial charge on any atom is -0.382 e. The van der Waals surface area contributed by atoms with Crippen molar-refractivity contribution in [3.05, 3.63) is 10.8 Å². The molecule has 2 heterocycles. The fraction of sp³-hybridized carbons (Fsp3) is 0.625. The monoisotopic (exact) mass is 398 g/mol. The van der Waals surface area contributed by atoms with Crippen LogP contribution < -0.4 is 22.5 Å². The average molecular weight is 399 g/mol. The maximum absolute atomic E-state index is 12.1. The Kier molecular flexibility index (Phi) is 8.01. The molecule has 1 aromatic rings. The van der Waals surface area contributed by atoms with Crippen LogP contribution in [0.15, 0.2) is 4.99 Å². The van der Waals surface area contributed by atoms with Gasteiger partial charge in [-0.05, 0) is 32.2 Å². The van der Waals surface area contributed by atoms with E-state index in [-0.39, 0.29) is 28.4 Å². The molecule has 0 aliphatic carbocycles. The maximum Gasteiger partial charge on any atom is 0.280 e. The van der Waals surface area contributed by atoms with Gasteiger partial charge in [-0.1, -0.05) is 11.6 Å². The highest BCUT2D eigenvalue weighted by molar-refractivity contribution is 6.31. The van der Waals surface area contributed by atoms with Gasteiger partial charge in [0, 0.05) is 26.7 Å². The van der Waals surface area contributed by atoms with Crippen LogP contribution >= 0.6 is 11.6 Å². The van der Waals surface area contributed by atoms with Gasteiger partial charge >= 0.3 is 0 Å². The summed E-state index contributed by atoms with van der Waals surface area (Å²) in [5, 5.41) is 2.32. The maximum atomic E-state index is 12.1. The SMILES string of the molecule is COC1CCN(CCCCN=C(N)NC(=O)c2nc(Cl)c(N)nc2N)CC1. The lowest BCUT2D eigenvalue weighted by molar-refractivity contribution is 0.0408. The third-order valence-corrected chi connectivity index (χ3v) is 4.67. The number of guanidine groups is 1. The average Bonchev–Trinajstić information content (AvgIpc) is 2.64. The molecule has 1 aliphatic rings. The van der Waals surface area contributed by atoms with Crippen molar-refractivity contribution in [1.82, 2.24) is 20.2 Å². The number of unbranched alkanes of at least 4 members (excludes halogenated alkanes) is 1. The van der Waals surface area contributed by atoms with Crippen molar-refractivity contribution >= 4 is 35.1 Å². The zero-order valence-corrected chi connectivity index (χ0v) is 16.2. The van der Waals surface area contributed by atoms with E-state index >= 15 is 0 Å². The van der Waals surface area contributed by atoms with Crippen LogP contribution in [-0.4, -0.2) is 66.1 Å². The van der Waals surface area contributed by atoms with Crippen LogP contribution in [0.1, 0.15) is 36.2 Å². The second-order valence-corrected chi connectivity index (χ2v) is 6.70.